The number of hydrogen-bond acceptors (Lipinski definition) is 2. The second-order valence-electron chi connectivity index (χ2n) is 3.36. The highest BCUT2D eigenvalue weighted by molar-refractivity contribution is 5.78. The van der Waals surface area contributed by atoms with Crippen molar-refractivity contribution in [2.45, 2.75) is 34.1 Å². The Kier molecular flexibility index (Phi) is 8.84. The van der Waals surface area contributed by atoms with Gasteiger partial charge in [0, 0.05) is 18.8 Å². The lowest BCUT2D eigenvalue weighted by Gasteiger charge is -2.06. The van der Waals surface area contributed by atoms with Crippen molar-refractivity contribution >= 4 is 11.6 Å². The van der Waals surface area contributed by atoms with Crippen LogP contribution in [0.15, 0.2) is 24.3 Å². The van der Waals surface area contributed by atoms with E-state index in [0.717, 1.165) is 17.8 Å². The molecule has 0 aromatic heterocycles. The first-order valence-electron chi connectivity index (χ1n) is 6.35. The van der Waals surface area contributed by atoms with Crippen molar-refractivity contribution < 1.29 is 4.79 Å². The minimum absolute atomic E-state index is 0.0751. The van der Waals surface area contributed by atoms with Gasteiger partial charge in [-0.1, -0.05) is 26.0 Å². The molecule has 0 unspecified atom stereocenters. The number of rotatable bonds is 5. The van der Waals surface area contributed by atoms with E-state index in [-0.39, 0.29) is 5.91 Å². The number of benzene rings is 1. The zero-order valence-corrected chi connectivity index (χ0v) is 11.3. The van der Waals surface area contributed by atoms with E-state index in [1.165, 1.54) is 0 Å². The molecule has 1 amide bonds. The molecule has 0 atom stereocenters. The van der Waals surface area contributed by atoms with Crippen molar-refractivity contribution in [2.24, 2.45) is 0 Å². The fourth-order valence-electron chi connectivity index (χ4n) is 1.44. The van der Waals surface area contributed by atoms with Gasteiger partial charge in [-0.2, -0.15) is 0 Å². The van der Waals surface area contributed by atoms with Gasteiger partial charge in [-0.25, -0.2) is 0 Å². The SMILES string of the molecule is CC.CCNC(=O)Cc1cccc(NCC)c1. The van der Waals surface area contributed by atoms with Gasteiger partial charge in [0.15, 0.2) is 0 Å². The number of carbonyl (C=O) groups is 1. The van der Waals surface area contributed by atoms with E-state index in [4.69, 9.17) is 0 Å². The van der Waals surface area contributed by atoms with Gasteiger partial charge in [-0.15, -0.1) is 0 Å². The Morgan fingerprint density at radius 1 is 1.18 bits per heavy atom. The molecule has 17 heavy (non-hydrogen) atoms. The summed E-state index contributed by atoms with van der Waals surface area (Å²) in [7, 11) is 0. The van der Waals surface area contributed by atoms with Crippen LogP contribution in [0.2, 0.25) is 0 Å². The number of amides is 1. The topological polar surface area (TPSA) is 41.1 Å². The third kappa shape index (κ3) is 6.61. The molecular weight excluding hydrogens is 212 g/mol. The van der Waals surface area contributed by atoms with Crippen LogP contribution in [0, 0.1) is 0 Å². The Labute approximate surface area is 105 Å². The van der Waals surface area contributed by atoms with Crippen molar-refractivity contribution in [3.05, 3.63) is 29.8 Å². The maximum Gasteiger partial charge on any atom is 0.224 e. The Balaban J connectivity index is 0.00000121. The summed E-state index contributed by atoms with van der Waals surface area (Å²) >= 11 is 0. The molecule has 0 aliphatic rings. The smallest absolute Gasteiger partial charge is 0.224 e. The molecule has 3 heteroatoms. The first-order chi connectivity index (χ1) is 8.26. The monoisotopic (exact) mass is 236 g/mol. The number of carbonyl (C=O) groups excluding carboxylic acids is 1. The Morgan fingerprint density at radius 2 is 1.88 bits per heavy atom. The van der Waals surface area contributed by atoms with Gasteiger partial charge in [-0.3, -0.25) is 4.79 Å². The van der Waals surface area contributed by atoms with Gasteiger partial charge in [0.05, 0.1) is 6.42 Å². The number of anilines is 1. The predicted octanol–water partition coefficient (Wildman–Crippen LogP) is 2.82. The first-order valence-corrected chi connectivity index (χ1v) is 6.35. The molecule has 0 fully saturated rings. The molecule has 0 spiro atoms. The maximum absolute atomic E-state index is 11.4. The lowest BCUT2D eigenvalue weighted by molar-refractivity contribution is -0.120. The molecule has 3 nitrogen and oxygen atoms in total. The maximum atomic E-state index is 11.4. The highest BCUT2D eigenvalue weighted by Crippen LogP contribution is 2.10. The third-order valence-electron chi connectivity index (χ3n) is 2.05. The molecule has 0 radical (unpaired) electrons. The molecule has 0 saturated carbocycles. The molecule has 0 heterocycles. The lowest BCUT2D eigenvalue weighted by Crippen LogP contribution is -2.24. The van der Waals surface area contributed by atoms with Gasteiger partial charge in [0.1, 0.15) is 0 Å². The summed E-state index contributed by atoms with van der Waals surface area (Å²) in [6.45, 7) is 9.56. The average Bonchev–Trinajstić information content (AvgIpc) is 2.33. The Bertz CT molecular complexity index is 324. The molecule has 0 saturated heterocycles. The second kappa shape index (κ2) is 9.70. The fourth-order valence-corrected chi connectivity index (χ4v) is 1.44. The summed E-state index contributed by atoms with van der Waals surface area (Å²) in [5.74, 6) is 0.0751. The summed E-state index contributed by atoms with van der Waals surface area (Å²) in [5.41, 5.74) is 2.11. The zero-order chi connectivity index (χ0) is 13.1. The number of likely N-dealkylation sites (N-methyl/N-ethyl adjacent to an activating group) is 1. The number of nitrogens with one attached hydrogen (secondary N) is 2. The van der Waals surface area contributed by atoms with Crippen LogP contribution in [0.25, 0.3) is 0 Å². The highest BCUT2D eigenvalue weighted by atomic mass is 16.1. The number of hydrogen-bond donors (Lipinski definition) is 2. The highest BCUT2D eigenvalue weighted by Gasteiger charge is 2.01. The summed E-state index contributed by atoms with van der Waals surface area (Å²) in [4.78, 5) is 11.4. The quantitative estimate of drug-likeness (QED) is 0.825. The van der Waals surface area contributed by atoms with Crippen molar-refractivity contribution in [3.8, 4) is 0 Å². The fraction of sp³-hybridized carbons (Fsp3) is 0.500. The van der Waals surface area contributed by atoms with Crippen LogP contribution in [0.3, 0.4) is 0 Å². The van der Waals surface area contributed by atoms with Gasteiger partial charge < -0.3 is 10.6 Å². The van der Waals surface area contributed by atoms with E-state index in [1.807, 2.05) is 45.0 Å². The van der Waals surface area contributed by atoms with Crippen LogP contribution < -0.4 is 10.6 Å². The summed E-state index contributed by atoms with van der Waals surface area (Å²) < 4.78 is 0. The predicted molar refractivity (Wildman–Crippen MR) is 74.3 cm³/mol. The molecule has 1 aromatic rings. The molecular formula is C14H24N2O. The normalized spacial score (nSPS) is 8.94. The van der Waals surface area contributed by atoms with Crippen LogP contribution in [-0.4, -0.2) is 19.0 Å². The van der Waals surface area contributed by atoms with Gasteiger partial charge in [-0.05, 0) is 31.5 Å². The molecule has 0 bridgehead atoms. The van der Waals surface area contributed by atoms with Crippen LogP contribution in [0.1, 0.15) is 33.3 Å². The molecule has 1 rings (SSSR count). The van der Waals surface area contributed by atoms with Crippen LogP contribution in [-0.2, 0) is 11.2 Å². The van der Waals surface area contributed by atoms with Gasteiger partial charge in [0.25, 0.3) is 0 Å². The van der Waals surface area contributed by atoms with Crippen molar-refractivity contribution in [2.75, 3.05) is 18.4 Å². The summed E-state index contributed by atoms with van der Waals surface area (Å²) in [6.07, 6.45) is 0.451. The molecule has 0 aliphatic heterocycles. The van der Waals surface area contributed by atoms with E-state index in [9.17, 15) is 4.79 Å². The summed E-state index contributed by atoms with van der Waals surface area (Å²) in [5, 5.41) is 6.01. The van der Waals surface area contributed by atoms with E-state index < -0.39 is 0 Å². The Hall–Kier alpha value is -1.51. The van der Waals surface area contributed by atoms with Crippen LogP contribution in [0.5, 0.6) is 0 Å². The lowest BCUT2D eigenvalue weighted by atomic mass is 10.1. The Morgan fingerprint density at radius 3 is 2.47 bits per heavy atom. The molecule has 1 aromatic carbocycles. The largest absolute Gasteiger partial charge is 0.385 e. The van der Waals surface area contributed by atoms with Crippen molar-refractivity contribution in [1.29, 1.82) is 0 Å². The van der Waals surface area contributed by atoms with Gasteiger partial charge in [0.2, 0.25) is 5.91 Å². The van der Waals surface area contributed by atoms with Crippen LogP contribution in [0.4, 0.5) is 5.69 Å². The molecule has 2 N–H and O–H groups in total. The minimum atomic E-state index is 0.0751. The van der Waals surface area contributed by atoms with Crippen LogP contribution >= 0.6 is 0 Å². The average molecular weight is 236 g/mol. The zero-order valence-electron chi connectivity index (χ0n) is 11.3. The standard InChI is InChI=1S/C12H18N2O.C2H6/c1-3-13-11-7-5-6-10(8-11)9-12(15)14-4-2;1-2/h5-8,13H,3-4,9H2,1-2H3,(H,14,15);1-2H3. The van der Waals surface area contributed by atoms with E-state index in [0.29, 0.717) is 13.0 Å². The first kappa shape index (κ1) is 15.5. The molecule has 0 aliphatic carbocycles. The third-order valence-corrected chi connectivity index (χ3v) is 2.05. The second-order valence-corrected chi connectivity index (χ2v) is 3.36. The van der Waals surface area contributed by atoms with E-state index in [1.54, 1.807) is 0 Å². The van der Waals surface area contributed by atoms with E-state index >= 15 is 0 Å². The minimum Gasteiger partial charge on any atom is -0.385 e. The van der Waals surface area contributed by atoms with E-state index in [2.05, 4.69) is 17.6 Å². The van der Waals surface area contributed by atoms with Crippen molar-refractivity contribution in [3.63, 3.8) is 0 Å². The summed E-state index contributed by atoms with van der Waals surface area (Å²) in [6, 6.07) is 7.95. The van der Waals surface area contributed by atoms with Crippen molar-refractivity contribution in [1.82, 2.24) is 5.32 Å². The van der Waals surface area contributed by atoms with Gasteiger partial charge >= 0.3 is 0 Å². The molecule has 96 valence electrons.